The van der Waals surface area contributed by atoms with Crippen molar-refractivity contribution in [3.05, 3.63) is 58.5 Å². The summed E-state index contributed by atoms with van der Waals surface area (Å²) in [4.78, 5) is 37.8. The van der Waals surface area contributed by atoms with Crippen LogP contribution in [0.4, 0.5) is 0 Å². The summed E-state index contributed by atoms with van der Waals surface area (Å²) in [5, 5.41) is 0. The summed E-state index contributed by atoms with van der Waals surface area (Å²) < 4.78 is 5.99. The normalized spacial score (nSPS) is 16.8. The molecule has 0 aliphatic carbocycles. The van der Waals surface area contributed by atoms with Gasteiger partial charge in [0.2, 0.25) is 11.8 Å². The molecule has 1 aliphatic rings. The molecule has 0 spiro atoms. The molecule has 2 aromatic rings. The third-order valence-electron chi connectivity index (χ3n) is 3.90. The zero-order valence-corrected chi connectivity index (χ0v) is 14.8. The van der Waals surface area contributed by atoms with Crippen molar-refractivity contribution in [2.24, 2.45) is 5.92 Å². The largest absolute Gasteiger partial charge is 0.467 e. The molecule has 1 atom stereocenters. The number of rotatable bonds is 4. The van der Waals surface area contributed by atoms with E-state index in [4.69, 9.17) is 4.42 Å². The highest BCUT2D eigenvalue weighted by atomic mass is 79.9. The monoisotopic (exact) mass is 405 g/mol. The van der Waals surface area contributed by atoms with Crippen molar-refractivity contribution in [1.29, 1.82) is 0 Å². The molecule has 0 bridgehead atoms. The molecule has 1 aliphatic heterocycles. The molecule has 1 fully saturated rings. The quantitative estimate of drug-likeness (QED) is 0.759. The number of halogens is 1. The second-order valence-electron chi connectivity index (χ2n) is 5.71. The van der Waals surface area contributed by atoms with Crippen LogP contribution in [0.1, 0.15) is 22.5 Å². The first-order valence-corrected chi connectivity index (χ1v) is 8.48. The van der Waals surface area contributed by atoms with E-state index in [1.54, 1.807) is 41.3 Å². The molecular weight excluding hydrogens is 390 g/mol. The van der Waals surface area contributed by atoms with Gasteiger partial charge in [-0.25, -0.2) is 0 Å². The van der Waals surface area contributed by atoms with Crippen molar-refractivity contribution in [3.63, 3.8) is 0 Å². The molecular formula is C17H16BrN3O4. The Kier molecular flexibility index (Phi) is 5.18. The van der Waals surface area contributed by atoms with Gasteiger partial charge in [-0.05, 0) is 30.3 Å². The van der Waals surface area contributed by atoms with E-state index < -0.39 is 17.7 Å². The summed E-state index contributed by atoms with van der Waals surface area (Å²) in [5.41, 5.74) is 5.17. The minimum Gasteiger partial charge on any atom is -0.467 e. The molecule has 0 saturated carbocycles. The first-order valence-electron chi connectivity index (χ1n) is 7.69. The fourth-order valence-electron chi connectivity index (χ4n) is 2.61. The topological polar surface area (TPSA) is 91.7 Å². The van der Waals surface area contributed by atoms with Crippen LogP contribution in [-0.4, -0.2) is 29.2 Å². The summed E-state index contributed by atoms with van der Waals surface area (Å²) in [6.07, 6.45) is 1.65. The predicted octanol–water partition coefficient (Wildman–Crippen LogP) is 1.85. The summed E-state index contributed by atoms with van der Waals surface area (Å²) in [5.74, 6) is -0.775. The van der Waals surface area contributed by atoms with E-state index in [0.29, 0.717) is 17.9 Å². The first kappa shape index (κ1) is 17.2. The van der Waals surface area contributed by atoms with Crippen LogP contribution in [0.25, 0.3) is 0 Å². The number of amides is 3. The number of carbonyl (C=O) groups excluding carboxylic acids is 3. The number of furan rings is 1. The molecule has 7 nitrogen and oxygen atoms in total. The van der Waals surface area contributed by atoms with Gasteiger partial charge in [-0.2, -0.15) is 0 Å². The van der Waals surface area contributed by atoms with Gasteiger partial charge >= 0.3 is 0 Å². The van der Waals surface area contributed by atoms with E-state index in [0.717, 1.165) is 4.47 Å². The van der Waals surface area contributed by atoms with E-state index in [1.165, 1.54) is 6.26 Å². The van der Waals surface area contributed by atoms with Gasteiger partial charge in [0, 0.05) is 23.0 Å². The van der Waals surface area contributed by atoms with E-state index in [-0.39, 0.29) is 18.9 Å². The van der Waals surface area contributed by atoms with Crippen LogP contribution in [0.5, 0.6) is 0 Å². The Labute approximate surface area is 152 Å². The van der Waals surface area contributed by atoms with Crippen molar-refractivity contribution >= 4 is 33.7 Å². The van der Waals surface area contributed by atoms with Crippen LogP contribution in [0.15, 0.2) is 51.6 Å². The molecule has 2 heterocycles. The molecule has 130 valence electrons. The average molecular weight is 406 g/mol. The minimum atomic E-state index is -0.509. The number of hydrazine groups is 1. The van der Waals surface area contributed by atoms with Crippen molar-refractivity contribution in [3.8, 4) is 0 Å². The second-order valence-corrected chi connectivity index (χ2v) is 6.62. The highest BCUT2D eigenvalue weighted by molar-refractivity contribution is 9.10. The molecule has 1 unspecified atom stereocenters. The highest BCUT2D eigenvalue weighted by Gasteiger charge is 2.34. The van der Waals surface area contributed by atoms with Gasteiger partial charge in [0.05, 0.1) is 18.7 Å². The van der Waals surface area contributed by atoms with Gasteiger partial charge < -0.3 is 9.32 Å². The Morgan fingerprint density at radius 1 is 1.24 bits per heavy atom. The molecule has 2 N–H and O–H groups in total. The van der Waals surface area contributed by atoms with Gasteiger partial charge in [0.25, 0.3) is 5.91 Å². The minimum absolute atomic E-state index is 0.110. The van der Waals surface area contributed by atoms with Crippen LogP contribution >= 0.6 is 15.9 Å². The van der Waals surface area contributed by atoms with Crippen molar-refractivity contribution in [1.82, 2.24) is 15.8 Å². The van der Waals surface area contributed by atoms with Gasteiger partial charge in [0.15, 0.2) is 0 Å². The number of hydrogen-bond acceptors (Lipinski definition) is 4. The number of likely N-dealkylation sites (tertiary alicyclic amines) is 1. The maximum absolute atomic E-state index is 12.2. The summed E-state index contributed by atoms with van der Waals surface area (Å²) in [6.45, 7) is 0.623. The lowest BCUT2D eigenvalue weighted by molar-refractivity contribution is -0.129. The molecule has 0 radical (unpaired) electrons. The fraction of sp³-hybridized carbons (Fsp3) is 0.235. The molecule has 3 amide bonds. The number of hydrogen-bond donors (Lipinski definition) is 2. The Morgan fingerprint density at radius 3 is 2.80 bits per heavy atom. The third kappa shape index (κ3) is 4.27. The Balaban J connectivity index is 1.52. The lowest BCUT2D eigenvalue weighted by atomic mass is 10.1. The maximum atomic E-state index is 12.2. The van der Waals surface area contributed by atoms with Crippen LogP contribution < -0.4 is 10.9 Å². The van der Waals surface area contributed by atoms with Crippen molar-refractivity contribution < 1.29 is 18.8 Å². The average Bonchev–Trinajstić information content (AvgIpc) is 3.23. The second kappa shape index (κ2) is 7.52. The summed E-state index contributed by atoms with van der Waals surface area (Å²) >= 11 is 3.28. The van der Waals surface area contributed by atoms with Gasteiger partial charge in [-0.3, -0.25) is 25.2 Å². The maximum Gasteiger partial charge on any atom is 0.269 e. The highest BCUT2D eigenvalue weighted by Crippen LogP contribution is 2.20. The fourth-order valence-corrected chi connectivity index (χ4v) is 3.01. The number of nitrogens with zero attached hydrogens (tertiary/aromatic N) is 1. The lowest BCUT2D eigenvalue weighted by Crippen LogP contribution is -2.45. The predicted molar refractivity (Wildman–Crippen MR) is 92.0 cm³/mol. The number of carbonyl (C=O) groups is 3. The molecule has 1 saturated heterocycles. The van der Waals surface area contributed by atoms with Crippen molar-refractivity contribution in [2.45, 2.75) is 13.0 Å². The summed E-state index contributed by atoms with van der Waals surface area (Å²) in [7, 11) is 0. The summed E-state index contributed by atoms with van der Waals surface area (Å²) in [6, 6.07) is 10.3. The van der Waals surface area contributed by atoms with Gasteiger partial charge in [-0.1, -0.05) is 22.0 Å². The zero-order chi connectivity index (χ0) is 17.8. The molecule has 1 aromatic carbocycles. The van der Waals surface area contributed by atoms with Crippen LogP contribution in [-0.2, 0) is 16.1 Å². The van der Waals surface area contributed by atoms with Crippen LogP contribution in [0.3, 0.4) is 0 Å². The van der Waals surface area contributed by atoms with Crippen LogP contribution in [0.2, 0.25) is 0 Å². The molecule has 25 heavy (non-hydrogen) atoms. The Morgan fingerprint density at radius 2 is 2.08 bits per heavy atom. The molecule has 1 aromatic heterocycles. The third-order valence-corrected chi connectivity index (χ3v) is 4.39. The SMILES string of the molecule is O=C(NNC(=O)C1CC(=O)N(Cc2ccco2)C1)c1cccc(Br)c1. The smallest absolute Gasteiger partial charge is 0.269 e. The van der Waals surface area contributed by atoms with Crippen molar-refractivity contribution in [2.75, 3.05) is 6.54 Å². The van der Waals surface area contributed by atoms with E-state index >= 15 is 0 Å². The number of nitrogens with one attached hydrogen (secondary N) is 2. The van der Waals surface area contributed by atoms with Gasteiger partial charge in [0.1, 0.15) is 5.76 Å². The Bertz CT molecular complexity index is 791. The molecule has 8 heteroatoms. The first-order chi connectivity index (χ1) is 12.0. The van der Waals surface area contributed by atoms with E-state index in [2.05, 4.69) is 26.8 Å². The van der Waals surface area contributed by atoms with E-state index in [1.807, 2.05) is 0 Å². The molecule has 3 rings (SSSR count). The zero-order valence-electron chi connectivity index (χ0n) is 13.2. The van der Waals surface area contributed by atoms with Crippen LogP contribution in [0, 0.1) is 5.92 Å². The Hall–Kier alpha value is -2.61. The van der Waals surface area contributed by atoms with Gasteiger partial charge in [-0.15, -0.1) is 0 Å². The number of benzene rings is 1. The standard InChI is InChI=1S/C17H16BrN3O4/c18-13-4-1-3-11(7-13)16(23)19-20-17(24)12-8-15(22)21(9-12)10-14-5-2-6-25-14/h1-7,12H,8-10H2,(H,19,23)(H,20,24). The lowest BCUT2D eigenvalue weighted by Gasteiger charge is -2.15. The van der Waals surface area contributed by atoms with E-state index in [9.17, 15) is 14.4 Å².